The molecule has 3 fully saturated rings. The van der Waals surface area contributed by atoms with Gasteiger partial charge in [0.05, 0.1) is 18.3 Å². The first-order valence-electron chi connectivity index (χ1n) is 13.4. The van der Waals surface area contributed by atoms with Gasteiger partial charge in [-0.2, -0.15) is 11.8 Å². The van der Waals surface area contributed by atoms with Gasteiger partial charge in [-0.3, -0.25) is 19.2 Å². The molecular weight excluding hydrogens is 492 g/mol. The van der Waals surface area contributed by atoms with Gasteiger partial charge in [0, 0.05) is 10.8 Å². The first kappa shape index (κ1) is 28.1. The van der Waals surface area contributed by atoms with E-state index in [9.17, 15) is 24.3 Å². The van der Waals surface area contributed by atoms with Crippen molar-refractivity contribution in [1.29, 1.82) is 0 Å². The zero-order valence-electron chi connectivity index (χ0n) is 22.6. The van der Waals surface area contributed by atoms with Crippen molar-refractivity contribution in [2.45, 2.75) is 65.4 Å². The smallest absolute Gasteiger partial charge is 0.316 e. The Morgan fingerprint density at radius 2 is 1.89 bits per heavy atom. The second-order valence-corrected chi connectivity index (χ2v) is 12.8. The third kappa shape index (κ3) is 4.52. The van der Waals surface area contributed by atoms with E-state index >= 15 is 0 Å². The Kier molecular flexibility index (Phi) is 7.84. The molecule has 3 saturated carbocycles. The number of esters is 2. The summed E-state index contributed by atoms with van der Waals surface area (Å²) in [5.41, 5.74) is -0.920. The molecule has 1 unspecified atom stereocenters. The number of Topliss-reactive ketones (excluding diaryl/α,β-unsaturated/α-hetero) is 1. The van der Waals surface area contributed by atoms with E-state index in [1.54, 1.807) is 6.08 Å². The molecule has 0 aliphatic heterocycles. The van der Waals surface area contributed by atoms with Gasteiger partial charge in [0.2, 0.25) is 5.78 Å². The van der Waals surface area contributed by atoms with E-state index in [0.29, 0.717) is 24.7 Å². The molecule has 8 heteroatoms. The van der Waals surface area contributed by atoms with Gasteiger partial charge in [0.1, 0.15) is 0 Å². The Morgan fingerprint density at radius 1 is 1.19 bits per heavy atom. The zero-order chi connectivity index (χ0) is 27.2. The molecule has 1 N–H and O–H groups in total. The summed E-state index contributed by atoms with van der Waals surface area (Å²) >= 11 is 1.35. The summed E-state index contributed by atoms with van der Waals surface area (Å²) < 4.78 is 11.4. The van der Waals surface area contributed by atoms with Gasteiger partial charge in [-0.15, -0.1) is 0 Å². The van der Waals surface area contributed by atoms with Crippen molar-refractivity contribution >= 4 is 35.3 Å². The van der Waals surface area contributed by atoms with E-state index in [1.807, 2.05) is 12.3 Å². The minimum absolute atomic E-state index is 0.0506. The normalized spacial score (nSPS) is 39.1. The lowest BCUT2D eigenvalue weighted by Crippen LogP contribution is -2.60. The third-order valence-corrected chi connectivity index (χ3v) is 10.5. The molecule has 8 atom stereocenters. The van der Waals surface area contributed by atoms with Crippen LogP contribution in [-0.2, 0) is 28.7 Å². The Hall–Kier alpha value is -1.93. The molecule has 0 heterocycles. The van der Waals surface area contributed by atoms with Crippen molar-refractivity contribution in [3.8, 4) is 0 Å². The summed E-state index contributed by atoms with van der Waals surface area (Å²) in [6.07, 6.45) is 11.1. The molecule has 0 aromatic carbocycles. The molecule has 0 aromatic rings. The minimum Gasteiger partial charge on any atom is -0.457 e. The van der Waals surface area contributed by atoms with Gasteiger partial charge in [0.15, 0.2) is 18.0 Å². The zero-order valence-corrected chi connectivity index (χ0v) is 23.4. The molecule has 0 aromatic heterocycles. The van der Waals surface area contributed by atoms with Crippen molar-refractivity contribution < 1.29 is 33.8 Å². The van der Waals surface area contributed by atoms with Gasteiger partial charge < -0.3 is 14.6 Å². The summed E-state index contributed by atoms with van der Waals surface area (Å²) in [4.78, 5) is 51.1. The molecule has 4 aliphatic rings. The van der Waals surface area contributed by atoms with Gasteiger partial charge in [-0.1, -0.05) is 32.4 Å². The highest BCUT2D eigenvalue weighted by atomic mass is 32.2. The molecule has 4 rings (SSSR count). The van der Waals surface area contributed by atoms with Gasteiger partial charge in [0.25, 0.3) is 0 Å². The maximum absolute atomic E-state index is 13.9. The van der Waals surface area contributed by atoms with Crippen LogP contribution in [0, 0.1) is 40.4 Å². The Labute approximate surface area is 223 Å². The summed E-state index contributed by atoms with van der Waals surface area (Å²) in [6.45, 7) is 7.21. The number of aliphatic hydroxyl groups excluding tert-OH is 1. The van der Waals surface area contributed by atoms with E-state index in [2.05, 4.69) is 26.8 Å². The summed E-state index contributed by atoms with van der Waals surface area (Å²) in [5.74, 6) is -0.910. The van der Waals surface area contributed by atoms with E-state index < -0.39 is 35.5 Å². The number of thioether (sulfide) groups is 1. The van der Waals surface area contributed by atoms with Crippen LogP contribution in [-0.4, -0.2) is 59.4 Å². The second kappa shape index (κ2) is 10.3. The van der Waals surface area contributed by atoms with Crippen molar-refractivity contribution in [2.75, 3.05) is 25.2 Å². The third-order valence-electron chi connectivity index (χ3n) is 10.0. The fraction of sp³-hybridized carbons (Fsp3) is 0.724. The van der Waals surface area contributed by atoms with Gasteiger partial charge in [-0.25, -0.2) is 0 Å². The number of carbonyl (C=O) groups excluding carboxylic acids is 4. The van der Waals surface area contributed by atoms with Crippen molar-refractivity contribution in [3.05, 3.63) is 23.8 Å². The van der Waals surface area contributed by atoms with Crippen LogP contribution in [0.15, 0.2) is 23.8 Å². The lowest BCUT2D eigenvalue weighted by molar-refractivity contribution is -0.190. The molecule has 0 spiro atoms. The number of hydrogen-bond acceptors (Lipinski definition) is 8. The van der Waals surface area contributed by atoms with Crippen LogP contribution >= 0.6 is 11.8 Å². The van der Waals surface area contributed by atoms with Crippen LogP contribution in [0.2, 0.25) is 0 Å². The number of hydrogen-bond donors (Lipinski definition) is 1. The number of aliphatic hydroxyl groups is 1. The number of fused-ring (bicyclic) bond motifs is 5. The van der Waals surface area contributed by atoms with Crippen LogP contribution in [0.4, 0.5) is 0 Å². The van der Waals surface area contributed by atoms with E-state index in [0.717, 1.165) is 19.3 Å². The fourth-order valence-electron chi connectivity index (χ4n) is 8.11. The van der Waals surface area contributed by atoms with Crippen LogP contribution in [0.25, 0.3) is 0 Å². The Bertz CT molecular complexity index is 1030. The predicted octanol–water partition coefficient (Wildman–Crippen LogP) is 3.93. The second-order valence-electron chi connectivity index (χ2n) is 12.0. The van der Waals surface area contributed by atoms with Gasteiger partial charge >= 0.3 is 11.9 Å². The van der Waals surface area contributed by atoms with E-state index in [-0.39, 0.29) is 41.2 Å². The highest BCUT2D eigenvalue weighted by molar-refractivity contribution is 7.99. The van der Waals surface area contributed by atoms with Gasteiger partial charge in [-0.05, 0) is 81.1 Å². The van der Waals surface area contributed by atoms with Crippen LogP contribution < -0.4 is 0 Å². The first-order chi connectivity index (χ1) is 17.4. The summed E-state index contributed by atoms with van der Waals surface area (Å²) in [7, 11) is 0. The van der Waals surface area contributed by atoms with E-state index in [1.165, 1.54) is 24.3 Å². The Morgan fingerprint density at radius 3 is 2.57 bits per heavy atom. The SMILES string of the molecule is CSCC(=O)O[C@]1(C(=O)COC(=O)C(C)CO)CC[C@H]2[C@@H]3C[C@H](C)C4=CC(=O)C=C[C@]4(C)[C@H]3CC[C@@]21C. The average molecular weight is 533 g/mol. The number of ketones is 2. The lowest BCUT2D eigenvalue weighted by Gasteiger charge is -2.59. The number of rotatable bonds is 8. The largest absolute Gasteiger partial charge is 0.457 e. The highest BCUT2D eigenvalue weighted by Gasteiger charge is 2.69. The lowest BCUT2D eigenvalue weighted by atomic mass is 9.45. The highest BCUT2D eigenvalue weighted by Crippen LogP contribution is 2.68. The van der Waals surface area contributed by atoms with Crippen molar-refractivity contribution in [1.82, 2.24) is 0 Å². The van der Waals surface area contributed by atoms with Crippen LogP contribution in [0.3, 0.4) is 0 Å². The maximum atomic E-state index is 13.9. The number of carbonyl (C=O) groups is 4. The topological polar surface area (TPSA) is 107 Å². The molecule has 0 bridgehead atoms. The Balaban J connectivity index is 1.66. The van der Waals surface area contributed by atoms with Crippen molar-refractivity contribution in [2.24, 2.45) is 40.4 Å². The fourth-order valence-corrected chi connectivity index (χ4v) is 8.40. The predicted molar refractivity (Wildman–Crippen MR) is 141 cm³/mol. The number of ether oxygens (including phenoxy) is 2. The number of allylic oxidation sites excluding steroid dienone is 4. The molecule has 0 radical (unpaired) electrons. The first-order valence-corrected chi connectivity index (χ1v) is 14.8. The standard InChI is InChI=1S/C29H40O7S/c1-17-12-20-21(27(3)9-6-19(31)13-23(17)27)7-10-28(4)22(20)8-11-29(28,36-25(33)16-37-5)24(32)15-35-26(34)18(2)14-30/h6,9,13,17-18,20-22,30H,7-8,10-12,14-16H2,1-5H3/t17-,18?,20+,21-,22-,27+,28-,29-/m0/s1. The van der Waals surface area contributed by atoms with Crippen LogP contribution in [0.1, 0.15) is 59.8 Å². The molecule has 4 aliphatic carbocycles. The molecule has 0 saturated heterocycles. The quantitative estimate of drug-likeness (QED) is 0.469. The van der Waals surface area contributed by atoms with Crippen molar-refractivity contribution in [3.63, 3.8) is 0 Å². The maximum Gasteiger partial charge on any atom is 0.316 e. The average Bonchev–Trinajstić information content (AvgIpc) is 3.16. The van der Waals surface area contributed by atoms with Crippen LogP contribution in [0.5, 0.6) is 0 Å². The minimum atomic E-state index is -1.35. The molecule has 0 amide bonds. The van der Waals surface area contributed by atoms with E-state index in [4.69, 9.17) is 9.47 Å². The molecule has 204 valence electrons. The molecule has 7 nitrogen and oxygen atoms in total. The molecular formula is C29H40O7S. The molecule has 37 heavy (non-hydrogen) atoms. The summed E-state index contributed by atoms with van der Waals surface area (Å²) in [5, 5.41) is 9.27. The monoisotopic (exact) mass is 532 g/mol. The summed E-state index contributed by atoms with van der Waals surface area (Å²) in [6, 6.07) is 0.